The molecule has 0 radical (unpaired) electrons. The molecule has 0 fully saturated rings. The van der Waals surface area contributed by atoms with Gasteiger partial charge in [-0.1, -0.05) is 25.5 Å². The summed E-state index contributed by atoms with van der Waals surface area (Å²) in [5.74, 6) is -1.02. The highest BCUT2D eigenvalue weighted by atomic mass is 16.4. The number of aryl methyl sites for hydroxylation is 1. The van der Waals surface area contributed by atoms with E-state index in [1.54, 1.807) is 13.8 Å². The number of carbonyl (C=O) groups is 2. The van der Waals surface area contributed by atoms with Gasteiger partial charge in [-0.2, -0.15) is 0 Å². The summed E-state index contributed by atoms with van der Waals surface area (Å²) in [5.41, 5.74) is 1.89. The first-order valence-electron chi connectivity index (χ1n) is 6.82. The molecule has 0 saturated heterocycles. The Hall–Kier alpha value is -2.04. The number of benzene rings is 1. The molecule has 0 atom stereocenters. The molecule has 0 unspecified atom stereocenters. The third-order valence-corrected chi connectivity index (χ3v) is 2.93. The first-order valence-corrected chi connectivity index (χ1v) is 6.82. The van der Waals surface area contributed by atoms with Crippen molar-refractivity contribution in [3.05, 3.63) is 29.8 Å². The fourth-order valence-corrected chi connectivity index (χ4v) is 1.87. The molecular weight excluding hydrogens is 256 g/mol. The Kier molecular flexibility index (Phi) is 6.03. The van der Waals surface area contributed by atoms with Gasteiger partial charge in [0.2, 0.25) is 0 Å². The zero-order valence-electron chi connectivity index (χ0n) is 12.2. The molecule has 0 saturated carbocycles. The average Bonchev–Trinajstić information content (AvgIpc) is 2.38. The Morgan fingerprint density at radius 1 is 1.25 bits per heavy atom. The first-order chi connectivity index (χ1) is 9.43. The van der Waals surface area contributed by atoms with E-state index in [2.05, 4.69) is 12.2 Å². The second-order valence-electron chi connectivity index (χ2n) is 4.99. The van der Waals surface area contributed by atoms with Gasteiger partial charge in [0.15, 0.2) is 0 Å². The van der Waals surface area contributed by atoms with Crippen LogP contribution in [0.5, 0.6) is 0 Å². The largest absolute Gasteiger partial charge is 0.480 e. The fourth-order valence-electron chi connectivity index (χ4n) is 1.87. The summed E-state index contributed by atoms with van der Waals surface area (Å²) in [4.78, 5) is 24.1. The number of amides is 2. The number of carboxylic acid groups (broad SMARTS) is 1. The third kappa shape index (κ3) is 4.91. The lowest BCUT2D eigenvalue weighted by atomic mass is 10.1. The van der Waals surface area contributed by atoms with Crippen LogP contribution in [0.3, 0.4) is 0 Å². The highest BCUT2D eigenvalue weighted by molar-refractivity contribution is 5.91. The number of anilines is 1. The van der Waals surface area contributed by atoms with E-state index in [9.17, 15) is 9.59 Å². The lowest BCUT2D eigenvalue weighted by Gasteiger charge is -2.25. The van der Waals surface area contributed by atoms with Crippen molar-refractivity contribution in [2.45, 2.75) is 39.7 Å². The summed E-state index contributed by atoms with van der Waals surface area (Å²) in [6.45, 7) is 5.37. The summed E-state index contributed by atoms with van der Waals surface area (Å²) in [7, 11) is 0. The molecule has 5 heteroatoms. The molecule has 1 rings (SSSR count). The molecule has 0 aliphatic rings. The van der Waals surface area contributed by atoms with Crippen LogP contribution in [0.15, 0.2) is 24.3 Å². The van der Waals surface area contributed by atoms with E-state index in [1.165, 1.54) is 10.5 Å². The van der Waals surface area contributed by atoms with Crippen LogP contribution in [0.25, 0.3) is 0 Å². The number of rotatable bonds is 6. The zero-order valence-corrected chi connectivity index (χ0v) is 12.2. The van der Waals surface area contributed by atoms with Gasteiger partial charge >= 0.3 is 12.0 Å². The molecule has 0 spiro atoms. The Labute approximate surface area is 119 Å². The molecule has 0 bridgehead atoms. The third-order valence-electron chi connectivity index (χ3n) is 2.93. The number of aliphatic carboxylic acids is 1. The average molecular weight is 278 g/mol. The molecule has 0 aromatic heterocycles. The minimum Gasteiger partial charge on any atom is -0.480 e. The van der Waals surface area contributed by atoms with Crippen LogP contribution in [0.1, 0.15) is 32.8 Å². The molecular formula is C15H22N2O3. The Bertz CT molecular complexity index is 455. The number of nitrogens with zero attached hydrogens (tertiary/aromatic N) is 1. The van der Waals surface area contributed by atoms with Crippen LogP contribution >= 0.6 is 0 Å². The lowest BCUT2D eigenvalue weighted by Crippen LogP contribution is -2.43. The maximum Gasteiger partial charge on any atom is 0.323 e. The number of nitrogens with one attached hydrogen (secondary N) is 1. The number of hydrogen-bond acceptors (Lipinski definition) is 2. The van der Waals surface area contributed by atoms with Crippen LogP contribution in [0, 0.1) is 0 Å². The first kappa shape index (κ1) is 16.0. The molecule has 1 aromatic carbocycles. The summed E-state index contributed by atoms with van der Waals surface area (Å²) in [6.07, 6.45) is 2.08. The van der Waals surface area contributed by atoms with Crippen LogP contribution < -0.4 is 5.32 Å². The van der Waals surface area contributed by atoms with Gasteiger partial charge in [0.05, 0.1) is 0 Å². The van der Waals surface area contributed by atoms with Crippen molar-refractivity contribution in [3.8, 4) is 0 Å². The molecule has 0 heterocycles. The van der Waals surface area contributed by atoms with Gasteiger partial charge in [-0.3, -0.25) is 4.79 Å². The smallest absolute Gasteiger partial charge is 0.323 e. The topological polar surface area (TPSA) is 69.6 Å². The van der Waals surface area contributed by atoms with Crippen LogP contribution in [-0.2, 0) is 11.2 Å². The van der Waals surface area contributed by atoms with E-state index >= 15 is 0 Å². The lowest BCUT2D eigenvalue weighted by molar-refractivity contribution is -0.137. The number of hydrogen-bond donors (Lipinski definition) is 2. The predicted molar refractivity (Wildman–Crippen MR) is 78.9 cm³/mol. The molecule has 20 heavy (non-hydrogen) atoms. The molecule has 0 aliphatic heterocycles. The van der Waals surface area contributed by atoms with Gasteiger partial charge in [-0.15, -0.1) is 0 Å². The molecule has 0 aliphatic carbocycles. The van der Waals surface area contributed by atoms with Crippen molar-refractivity contribution < 1.29 is 14.7 Å². The van der Waals surface area contributed by atoms with Gasteiger partial charge < -0.3 is 15.3 Å². The van der Waals surface area contributed by atoms with Gasteiger partial charge in [0.1, 0.15) is 6.54 Å². The number of urea groups is 1. The molecule has 2 N–H and O–H groups in total. The monoisotopic (exact) mass is 278 g/mol. The van der Waals surface area contributed by atoms with Gasteiger partial charge in [-0.25, -0.2) is 4.79 Å². The van der Waals surface area contributed by atoms with Gasteiger partial charge in [0, 0.05) is 11.7 Å². The van der Waals surface area contributed by atoms with E-state index in [0.717, 1.165) is 12.8 Å². The SMILES string of the molecule is CCCc1ccc(NC(=O)N(CC(=O)O)C(C)C)cc1. The maximum absolute atomic E-state index is 12.1. The van der Waals surface area contributed by atoms with Crippen LogP contribution in [0.4, 0.5) is 10.5 Å². The summed E-state index contributed by atoms with van der Waals surface area (Å²) in [5, 5.41) is 11.5. The molecule has 1 aromatic rings. The minimum atomic E-state index is -1.02. The molecule has 5 nitrogen and oxygen atoms in total. The summed E-state index contributed by atoms with van der Waals surface area (Å²) < 4.78 is 0. The standard InChI is InChI=1S/C15H22N2O3/c1-4-5-12-6-8-13(9-7-12)16-15(20)17(11(2)3)10-14(18)19/h6-9,11H,4-5,10H2,1-3H3,(H,16,20)(H,18,19). The van der Waals surface area contributed by atoms with E-state index in [-0.39, 0.29) is 12.6 Å². The van der Waals surface area contributed by atoms with Crippen molar-refractivity contribution in [3.63, 3.8) is 0 Å². The second kappa shape index (κ2) is 7.53. The maximum atomic E-state index is 12.1. The van der Waals surface area contributed by atoms with E-state index in [0.29, 0.717) is 5.69 Å². The second-order valence-corrected chi connectivity index (χ2v) is 4.99. The molecule has 2 amide bonds. The van der Waals surface area contributed by atoms with Gasteiger partial charge in [-0.05, 0) is 38.0 Å². The zero-order chi connectivity index (χ0) is 15.1. The fraction of sp³-hybridized carbons (Fsp3) is 0.467. The summed E-state index contributed by atoms with van der Waals surface area (Å²) >= 11 is 0. The summed E-state index contributed by atoms with van der Waals surface area (Å²) in [6, 6.07) is 7.03. The van der Waals surface area contributed by atoms with E-state index in [1.807, 2.05) is 24.3 Å². The Balaban J connectivity index is 2.69. The van der Waals surface area contributed by atoms with E-state index < -0.39 is 12.0 Å². The highest BCUT2D eigenvalue weighted by Crippen LogP contribution is 2.12. The van der Waals surface area contributed by atoms with Crippen molar-refractivity contribution in [2.24, 2.45) is 0 Å². The number of carbonyl (C=O) groups excluding carboxylic acids is 1. The predicted octanol–water partition coefficient (Wildman–Crippen LogP) is 2.97. The van der Waals surface area contributed by atoms with Gasteiger partial charge in [0.25, 0.3) is 0 Å². The minimum absolute atomic E-state index is 0.175. The van der Waals surface area contributed by atoms with Crippen molar-refractivity contribution in [2.75, 3.05) is 11.9 Å². The highest BCUT2D eigenvalue weighted by Gasteiger charge is 2.19. The number of carboxylic acids is 1. The van der Waals surface area contributed by atoms with Crippen LogP contribution in [-0.4, -0.2) is 34.6 Å². The quantitative estimate of drug-likeness (QED) is 0.840. The molecule has 110 valence electrons. The normalized spacial score (nSPS) is 10.4. The van der Waals surface area contributed by atoms with Crippen molar-refractivity contribution in [1.29, 1.82) is 0 Å². The van der Waals surface area contributed by atoms with Crippen molar-refractivity contribution in [1.82, 2.24) is 4.90 Å². The van der Waals surface area contributed by atoms with Crippen molar-refractivity contribution >= 4 is 17.7 Å². The van der Waals surface area contributed by atoms with E-state index in [4.69, 9.17) is 5.11 Å². The Morgan fingerprint density at radius 3 is 2.30 bits per heavy atom. The van der Waals surface area contributed by atoms with Crippen LogP contribution in [0.2, 0.25) is 0 Å². The Morgan fingerprint density at radius 2 is 1.85 bits per heavy atom.